The number of nitrogens with zero attached hydrogens (tertiary/aromatic N) is 2. The molecule has 1 unspecified atom stereocenters. The van der Waals surface area contributed by atoms with Gasteiger partial charge in [-0.25, -0.2) is 0 Å². The Balaban J connectivity index is 1.36. The van der Waals surface area contributed by atoms with Gasteiger partial charge in [0.15, 0.2) is 11.5 Å². The normalized spacial score (nSPS) is 39.9. The summed E-state index contributed by atoms with van der Waals surface area (Å²) in [5.74, 6) is 0.231. The third-order valence-electron chi connectivity index (χ3n) is 9.74. The second-order valence-electron chi connectivity index (χ2n) is 11.0. The fourth-order valence-corrected chi connectivity index (χ4v) is 8.54. The number of hydrogen-bond donors (Lipinski definition) is 2. The summed E-state index contributed by atoms with van der Waals surface area (Å²) in [6.07, 6.45) is 5.43. The van der Waals surface area contributed by atoms with Crippen LogP contribution < -0.4 is 4.74 Å². The van der Waals surface area contributed by atoms with E-state index in [1.54, 1.807) is 6.07 Å². The van der Waals surface area contributed by atoms with Crippen LogP contribution in [0, 0.1) is 12.8 Å². The summed E-state index contributed by atoms with van der Waals surface area (Å²) in [5, 5.41) is 23.1. The van der Waals surface area contributed by atoms with Crippen molar-refractivity contribution in [2.45, 2.75) is 74.7 Å². The molecular weight excluding hydrogens is 432 g/mol. The number of phenolic OH excluding ortho intramolecular Hbond substituents is 1. The lowest BCUT2D eigenvalue weighted by Gasteiger charge is -2.77. The van der Waals surface area contributed by atoms with Gasteiger partial charge in [0.05, 0.1) is 17.1 Å². The second-order valence-corrected chi connectivity index (χ2v) is 11.0. The number of rotatable bonds is 3. The molecule has 2 N–H and O–H groups in total. The quantitative estimate of drug-likeness (QED) is 0.529. The molecule has 0 bridgehead atoms. The zero-order valence-electron chi connectivity index (χ0n) is 19.4. The molecule has 6 atom stereocenters. The highest BCUT2D eigenvalue weighted by atomic mass is 16.5. The van der Waals surface area contributed by atoms with E-state index in [-0.39, 0.29) is 29.5 Å². The summed E-state index contributed by atoms with van der Waals surface area (Å²) >= 11 is 0. The third kappa shape index (κ3) is 2.05. The van der Waals surface area contributed by atoms with Gasteiger partial charge in [0.25, 0.3) is 11.8 Å². The molecule has 1 saturated heterocycles. The standard InChI is InChI=1S/C27H30N2O5/c1-3-12-28-13-17-22(28)26(33)11-10-18(29-24(31)15-6-4-5-7-16(15)25(29)32)23-27(17,26)20-14(2)8-9-19(30)21(20)34-23/h3,8-9,17-18,22-23,30,33H,1,4-7,10-13H2,2H3/t17?,18-,22+,23-,26+,27-/m0/s1. The number of imide groups is 1. The van der Waals surface area contributed by atoms with Crippen LogP contribution >= 0.6 is 0 Å². The maximum Gasteiger partial charge on any atom is 0.257 e. The van der Waals surface area contributed by atoms with Crippen LogP contribution in [-0.4, -0.2) is 68.7 Å². The number of aryl methyl sites for hydroxylation is 1. The molecule has 7 nitrogen and oxygen atoms in total. The summed E-state index contributed by atoms with van der Waals surface area (Å²) in [6, 6.07) is 3.02. The predicted octanol–water partition coefficient (Wildman–Crippen LogP) is 2.33. The fourth-order valence-electron chi connectivity index (χ4n) is 8.54. The smallest absolute Gasteiger partial charge is 0.257 e. The van der Waals surface area contributed by atoms with Crippen molar-refractivity contribution >= 4 is 11.8 Å². The van der Waals surface area contributed by atoms with E-state index in [0.29, 0.717) is 49.1 Å². The van der Waals surface area contributed by atoms with Crippen LogP contribution in [0.4, 0.5) is 0 Å². The van der Waals surface area contributed by atoms with Gasteiger partial charge in [0.1, 0.15) is 6.10 Å². The number of aromatic hydroxyl groups is 1. The maximum atomic E-state index is 13.5. The highest BCUT2D eigenvalue weighted by Crippen LogP contribution is 2.73. The Bertz CT molecular complexity index is 1180. The molecule has 1 aromatic rings. The number of aliphatic hydroxyl groups is 1. The second kappa shape index (κ2) is 6.52. The van der Waals surface area contributed by atoms with E-state index in [1.165, 1.54) is 4.90 Å². The minimum Gasteiger partial charge on any atom is -0.504 e. The van der Waals surface area contributed by atoms with Crippen LogP contribution in [-0.2, 0) is 15.0 Å². The zero-order valence-corrected chi connectivity index (χ0v) is 19.4. The number of benzene rings is 1. The molecule has 1 aromatic carbocycles. The molecule has 7 rings (SSSR count). The van der Waals surface area contributed by atoms with Gasteiger partial charge in [-0.3, -0.25) is 19.4 Å². The number of phenols is 1. The zero-order chi connectivity index (χ0) is 23.6. The Morgan fingerprint density at radius 3 is 2.59 bits per heavy atom. The highest BCUT2D eigenvalue weighted by Gasteiger charge is 2.85. The van der Waals surface area contributed by atoms with Gasteiger partial charge in [0.2, 0.25) is 0 Å². The van der Waals surface area contributed by atoms with Crippen LogP contribution in [0.15, 0.2) is 35.9 Å². The van der Waals surface area contributed by atoms with Gasteiger partial charge < -0.3 is 14.9 Å². The topological polar surface area (TPSA) is 90.3 Å². The van der Waals surface area contributed by atoms with E-state index in [2.05, 4.69) is 11.5 Å². The third-order valence-corrected chi connectivity index (χ3v) is 9.74. The first-order valence-corrected chi connectivity index (χ1v) is 12.5. The summed E-state index contributed by atoms with van der Waals surface area (Å²) in [7, 11) is 0. The van der Waals surface area contributed by atoms with E-state index in [1.807, 2.05) is 19.1 Å². The van der Waals surface area contributed by atoms with E-state index in [9.17, 15) is 19.8 Å². The van der Waals surface area contributed by atoms with Crippen molar-refractivity contribution in [1.29, 1.82) is 0 Å². The van der Waals surface area contributed by atoms with Crippen LogP contribution in [0.1, 0.15) is 49.7 Å². The van der Waals surface area contributed by atoms with Gasteiger partial charge in [0, 0.05) is 41.8 Å². The summed E-state index contributed by atoms with van der Waals surface area (Å²) < 4.78 is 6.52. The summed E-state index contributed by atoms with van der Waals surface area (Å²) in [6.45, 7) is 7.35. The number of carbonyl (C=O) groups excluding carboxylic acids is 2. The molecule has 3 fully saturated rings. The summed E-state index contributed by atoms with van der Waals surface area (Å²) in [4.78, 5) is 30.7. The monoisotopic (exact) mass is 462 g/mol. The molecule has 3 aliphatic carbocycles. The number of fused-ring (bicyclic) bond motifs is 3. The molecule has 7 heteroatoms. The van der Waals surface area contributed by atoms with E-state index in [4.69, 9.17) is 4.74 Å². The van der Waals surface area contributed by atoms with Crippen LogP contribution in [0.2, 0.25) is 0 Å². The molecule has 0 radical (unpaired) electrons. The highest BCUT2D eigenvalue weighted by molar-refractivity contribution is 6.19. The number of likely N-dealkylation sites (tertiary alicyclic amines) is 1. The van der Waals surface area contributed by atoms with Crippen molar-refractivity contribution < 1.29 is 24.5 Å². The molecule has 6 aliphatic rings. The fraction of sp³-hybridized carbons (Fsp3) is 0.556. The van der Waals surface area contributed by atoms with Crippen molar-refractivity contribution in [2.24, 2.45) is 5.92 Å². The Morgan fingerprint density at radius 1 is 1.21 bits per heavy atom. The molecule has 0 aromatic heterocycles. The molecular formula is C27H30N2O5. The minimum absolute atomic E-state index is 0.0124. The van der Waals surface area contributed by atoms with Gasteiger partial charge >= 0.3 is 0 Å². The van der Waals surface area contributed by atoms with Gasteiger partial charge in [-0.2, -0.15) is 0 Å². The molecule has 2 saturated carbocycles. The van der Waals surface area contributed by atoms with E-state index >= 15 is 0 Å². The molecule has 3 aliphatic heterocycles. The van der Waals surface area contributed by atoms with E-state index < -0.39 is 23.2 Å². The SMILES string of the molecule is C=CCN1CC2[C@@H]1[C@]1(O)CC[C@H](N3C(=O)C4=C(CCCC4)C3=O)[C@@H]3Oc4c(O)ccc(C)c4[C@@]231. The number of ether oxygens (including phenoxy) is 1. The number of carbonyl (C=O) groups is 2. The average molecular weight is 463 g/mol. The van der Waals surface area contributed by atoms with Gasteiger partial charge in [-0.05, 0) is 57.1 Å². The Hall–Kier alpha value is -2.64. The van der Waals surface area contributed by atoms with Crippen LogP contribution in [0.5, 0.6) is 11.5 Å². The lowest BCUT2D eigenvalue weighted by Crippen LogP contribution is -2.92. The lowest BCUT2D eigenvalue weighted by atomic mass is 9.35. The van der Waals surface area contributed by atoms with Crippen molar-refractivity contribution in [3.63, 3.8) is 0 Å². The molecule has 34 heavy (non-hydrogen) atoms. The van der Waals surface area contributed by atoms with E-state index in [0.717, 1.165) is 30.5 Å². The number of amides is 2. The van der Waals surface area contributed by atoms with Gasteiger partial charge in [-0.15, -0.1) is 6.58 Å². The Morgan fingerprint density at radius 2 is 1.91 bits per heavy atom. The first-order valence-electron chi connectivity index (χ1n) is 12.5. The lowest BCUT2D eigenvalue weighted by molar-refractivity contribution is -0.318. The maximum absolute atomic E-state index is 13.5. The average Bonchev–Trinajstić information content (AvgIpc) is 3.30. The Labute approximate surface area is 198 Å². The first-order chi connectivity index (χ1) is 16.4. The number of hydrogen-bond acceptors (Lipinski definition) is 6. The first kappa shape index (κ1) is 20.7. The molecule has 1 spiro atoms. The van der Waals surface area contributed by atoms with Crippen molar-refractivity contribution in [1.82, 2.24) is 9.80 Å². The van der Waals surface area contributed by atoms with Crippen LogP contribution in [0.25, 0.3) is 0 Å². The number of piperidine rings is 1. The Kier molecular flexibility index (Phi) is 3.97. The minimum atomic E-state index is -1.05. The van der Waals surface area contributed by atoms with Gasteiger partial charge in [-0.1, -0.05) is 12.1 Å². The molecule has 178 valence electrons. The largest absolute Gasteiger partial charge is 0.504 e. The van der Waals surface area contributed by atoms with Crippen molar-refractivity contribution in [3.8, 4) is 11.5 Å². The van der Waals surface area contributed by atoms with Crippen molar-refractivity contribution in [2.75, 3.05) is 13.1 Å². The van der Waals surface area contributed by atoms with Crippen LogP contribution in [0.3, 0.4) is 0 Å². The van der Waals surface area contributed by atoms with Crippen molar-refractivity contribution in [3.05, 3.63) is 47.1 Å². The summed E-state index contributed by atoms with van der Waals surface area (Å²) in [5.41, 5.74) is 1.37. The molecule has 2 amide bonds. The predicted molar refractivity (Wildman–Crippen MR) is 123 cm³/mol. The molecule has 3 heterocycles.